The molecular formula is C27H28BNO2P. The van der Waals surface area contributed by atoms with Crippen LogP contribution in [0.4, 0.5) is 0 Å². The lowest BCUT2D eigenvalue weighted by Gasteiger charge is -2.37. The maximum atomic E-state index is 11.2. The third-order valence-electron chi connectivity index (χ3n) is 5.80. The van der Waals surface area contributed by atoms with Crippen molar-refractivity contribution < 1.29 is 9.84 Å². The van der Waals surface area contributed by atoms with Gasteiger partial charge in [-0.1, -0.05) is 91.0 Å². The minimum absolute atomic E-state index is 0. The van der Waals surface area contributed by atoms with E-state index in [4.69, 9.17) is 4.74 Å². The average molecular weight is 440 g/mol. The van der Waals surface area contributed by atoms with E-state index in [1.54, 1.807) is 7.11 Å². The lowest BCUT2D eigenvalue weighted by atomic mass is 10.0. The molecule has 32 heavy (non-hydrogen) atoms. The fourth-order valence-electron chi connectivity index (χ4n) is 3.97. The van der Waals surface area contributed by atoms with Crippen molar-refractivity contribution in [1.82, 2.24) is 4.67 Å². The fraction of sp³-hybridized carbons (Fsp3) is 0.185. The van der Waals surface area contributed by atoms with Gasteiger partial charge in [-0.3, -0.25) is 4.67 Å². The Labute approximate surface area is 194 Å². The van der Waals surface area contributed by atoms with E-state index in [1.807, 2.05) is 36.4 Å². The molecule has 1 N–H and O–H groups in total. The summed E-state index contributed by atoms with van der Waals surface area (Å²) in [6.07, 6.45) is -0.596. The minimum atomic E-state index is -0.952. The summed E-state index contributed by atoms with van der Waals surface area (Å²) in [4.78, 5) is 0. The molecule has 0 bridgehead atoms. The van der Waals surface area contributed by atoms with Crippen LogP contribution in [0.15, 0.2) is 97.1 Å². The molecular weight excluding hydrogens is 412 g/mol. The summed E-state index contributed by atoms with van der Waals surface area (Å²) in [6, 6.07) is 32.9. The Bertz CT molecular complexity index is 1140. The number of aliphatic hydroxyl groups is 1. The Balaban J connectivity index is 0.00000289. The third kappa shape index (κ3) is 4.73. The van der Waals surface area contributed by atoms with E-state index in [0.717, 1.165) is 11.3 Å². The van der Waals surface area contributed by atoms with Crippen molar-refractivity contribution in [3.8, 4) is 5.75 Å². The molecule has 3 radical (unpaired) electrons. The molecule has 0 aliphatic rings. The van der Waals surface area contributed by atoms with Crippen LogP contribution in [0.5, 0.6) is 5.75 Å². The number of likely N-dealkylation sites (N-methyl/N-ethyl adjacent to an activating group) is 1. The molecule has 0 aromatic heterocycles. The van der Waals surface area contributed by atoms with E-state index in [2.05, 4.69) is 79.3 Å². The fourth-order valence-corrected chi connectivity index (χ4v) is 6.66. The van der Waals surface area contributed by atoms with Crippen LogP contribution in [0.25, 0.3) is 10.8 Å². The Morgan fingerprint density at radius 3 is 2.06 bits per heavy atom. The zero-order chi connectivity index (χ0) is 21.8. The monoisotopic (exact) mass is 440 g/mol. The second-order valence-corrected chi connectivity index (χ2v) is 9.87. The average Bonchev–Trinajstić information content (AvgIpc) is 2.84. The Hall–Kier alpha value is -2.65. The van der Waals surface area contributed by atoms with Crippen LogP contribution in [0.3, 0.4) is 0 Å². The predicted molar refractivity (Wildman–Crippen MR) is 138 cm³/mol. The number of hydrogen-bond acceptors (Lipinski definition) is 3. The number of hydrogen-bond donors (Lipinski definition) is 1. The quantitative estimate of drug-likeness (QED) is 0.329. The van der Waals surface area contributed by atoms with E-state index in [9.17, 15) is 5.11 Å². The highest BCUT2D eigenvalue weighted by Gasteiger charge is 2.31. The zero-order valence-corrected chi connectivity index (χ0v) is 19.6. The number of fused-ring (bicyclic) bond motifs is 1. The molecule has 0 saturated heterocycles. The van der Waals surface area contributed by atoms with E-state index in [-0.39, 0.29) is 14.5 Å². The van der Waals surface area contributed by atoms with Gasteiger partial charge in [-0.25, -0.2) is 0 Å². The maximum Gasteiger partial charge on any atom is 0.128 e. The molecule has 161 valence electrons. The van der Waals surface area contributed by atoms with Gasteiger partial charge in [0, 0.05) is 27.8 Å². The van der Waals surface area contributed by atoms with E-state index in [1.165, 1.54) is 21.4 Å². The smallest absolute Gasteiger partial charge is 0.128 e. The highest BCUT2D eigenvalue weighted by Crippen LogP contribution is 2.45. The van der Waals surface area contributed by atoms with Crippen LogP contribution in [0.1, 0.15) is 18.6 Å². The van der Waals surface area contributed by atoms with Gasteiger partial charge in [0.15, 0.2) is 0 Å². The van der Waals surface area contributed by atoms with Gasteiger partial charge in [0.1, 0.15) is 5.75 Å². The van der Waals surface area contributed by atoms with Gasteiger partial charge in [0.2, 0.25) is 0 Å². The van der Waals surface area contributed by atoms with Gasteiger partial charge in [0.25, 0.3) is 0 Å². The van der Waals surface area contributed by atoms with Crippen molar-refractivity contribution in [2.24, 2.45) is 0 Å². The molecule has 4 rings (SSSR count). The Kier molecular flexibility index (Phi) is 8.09. The number of rotatable bonds is 7. The van der Waals surface area contributed by atoms with Crippen LogP contribution in [-0.2, 0) is 0 Å². The summed E-state index contributed by atoms with van der Waals surface area (Å²) in [7, 11) is 2.89. The van der Waals surface area contributed by atoms with Gasteiger partial charge >= 0.3 is 0 Å². The van der Waals surface area contributed by atoms with Gasteiger partial charge < -0.3 is 9.84 Å². The topological polar surface area (TPSA) is 32.7 Å². The predicted octanol–water partition coefficient (Wildman–Crippen LogP) is 4.87. The van der Waals surface area contributed by atoms with Crippen LogP contribution < -0.4 is 15.3 Å². The van der Waals surface area contributed by atoms with E-state index >= 15 is 0 Å². The van der Waals surface area contributed by atoms with Crippen LogP contribution in [-0.4, -0.2) is 38.4 Å². The Morgan fingerprint density at radius 1 is 0.812 bits per heavy atom. The van der Waals surface area contributed by atoms with Crippen LogP contribution >= 0.6 is 8.07 Å². The first kappa shape index (κ1) is 24.0. The number of benzene rings is 4. The van der Waals surface area contributed by atoms with Crippen molar-refractivity contribution in [2.75, 3.05) is 14.2 Å². The molecule has 4 aromatic carbocycles. The van der Waals surface area contributed by atoms with Gasteiger partial charge in [0.05, 0.1) is 13.2 Å². The Morgan fingerprint density at radius 2 is 1.41 bits per heavy atom. The largest absolute Gasteiger partial charge is 0.496 e. The molecule has 0 saturated carbocycles. The standard InChI is InChI=1S/C27H28NO2P.B/c1-20(26(29)22-13-6-4-7-14-22)28(2)31(23-15-8-5-9-16-23)27-24-17-11-10-12-21(24)18-19-25(27)30-3;/h4-20,26,29H,1-3H3;/t20-,26-,31+;/m1./s1. The van der Waals surface area contributed by atoms with Crippen molar-refractivity contribution in [3.05, 3.63) is 103 Å². The maximum absolute atomic E-state index is 11.2. The molecule has 0 unspecified atom stereocenters. The van der Waals surface area contributed by atoms with Crippen LogP contribution in [0.2, 0.25) is 0 Å². The molecule has 5 heteroatoms. The zero-order valence-electron chi connectivity index (χ0n) is 18.7. The summed E-state index contributed by atoms with van der Waals surface area (Å²) in [6.45, 7) is 2.09. The first-order valence-electron chi connectivity index (χ1n) is 10.5. The van der Waals surface area contributed by atoms with Crippen molar-refractivity contribution in [1.29, 1.82) is 0 Å². The molecule has 0 fully saturated rings. The highest BCUT2D eigenvalue weighted by atomic mass is 31.1. The van der Waals surface area contributed by atoms with E-state index in [0.29, 0.717) is 0 Å². The molecule has 0 aliphatic carbocycles. The summed E-state index contributed by atoms with van der Waals surface area (Å²) >= 11 is 0. The number of methoxy groups -OCH3 is 1. The molecule has 0 aliphatic heterocycles. The molecule has 0 spiro atoms. The summed E-state index contributed by atoms with van der Waals surface area (Å²) in [5, 5.41) is 16.0. The second kappa shape index (κ2) is 10.8. The van der Waals surface area contributed by atoms with Gasteiger partial charge in [-0.2, -0.15) is 0 Å². The SMILES string of the molecule is COc1ccc2ccccc2c1[P@](c1ccccc1)N(C)[C@H](C)[C@@H](O)c1ccccc1.[B]. The van der Waals surface area contributed by atoms with Gasteiger partial charge in [-0.05, 0) is 41.7 Å². The highest BCUT2D eigenvalue weighted by molar-refractivity contribution is 7.71. The number of aliphatic hydroxyl groups excluding tert-OH is 1. The molecule has 0 amide bonds. The van der Waals surface area contributed by atoms with Crippen molar-refractivity contribution >= 4 is 37.9 Å². The lowest BCUT2D eigenvalue weighted by Crippen LogP contribution is -2.36. The lowest BCUT2D eigenvalue weighted by molar-refractivity contribution is 0.111. The van der Waals surface area contributed by atoms with Crippen molar-refractivity contribution in [2.45, 2.75) is 19.1 Å². The summed E-state index contributed by atoms with van der Waals surface area (Å²) in [5.74, 6) is 0.877. The minimum Gasteiger partial charge on any atom is -0.496 e. The first-order valence-corrected chi connectivity index (χ1v) is 11.8. The molecule has 3 atom stereocenters. The summed E-state index contributed by atoms with van der Waals surface area (Å²) < 4.78 is 8.17. The number of ether oxygens (including phenoxy) is 1. The molecule has 3 nitrogen and oxygen atoms in total. The van der Waals surface area contributed by atoms with E-state index < -0.39 is 14.2 Å². The van der Waals surface area contributed by atoms with Crippen LogP contribution in [0, 0.1) is 0 Å². The first-order chi connectivity index (χ1) is 15.1. The molecule has 4 aromatic rings. The second-order valence-electron chi connectivity index (χ2n) is 7.65. The third-order valence-corrected chi connectivity index (χ3v) is 8.47. The van der Waals surface area contributed by atoms with Gasteiger partial charge in [-0.15, -0.1) is 0 Å². The van der Waals surface area contributed by atoms with Crippen molar-refractivity contribution in [3.63, 3.8) is 0 Å². The number of nitrogens with zero attached hydrogens (tertiary/aromatic N) is 1. The normalized spacial score (nSPS) is 13.9. The molecule has 0 heterocycles. The summed E-state index contributed by atoms with van der Waals surface area (Å²) in [5.41, 5.74) is 0.926.